The number of alkyl halides is 2. The van der Waals surface area contributed by atoms with Crippen LogP contribution in [0.1, 0.15) is 19.8 Å². The van der Waals surface area contributed by atoms with Crippen molar-refractivity contribution in [2.24, 2.45) is 0 Å². The van der Waals surface area contributed by atoms with Gasteiger partial charge >= 0.3 is 0 Å². The van der Waals surface area contributed by atoms with Crippen LogP contribution in [0.5, 0.6) is 0 Å². The Hall–Kier alpha value is -1.16. The molecular formula is C16H26F2N2. The zero-order valence-electron chi connectivity index (χ0n) is 12.8. The molecule has 1 fully saturated rings. The van der Waals surface area contributed by atoms with Gasteiger partial charge in [-0.25, -0.2) is 8.78 Å². The van der Waals surface area contributed by atoms with Gasteiger partial charge in [-0.2, -0.15) is 0 Å². The van der Waals surface area contributed by atoms with Gasteiger partial charge < -0.3 is 9.80 Å². The monoisotopic (exact) mass is 284 g/mol. The van der Waals surface area contributed by atoms with Crippen molar-refractivity contribution in [2.75, 3.05) is 40.5 Å². The third-order valence-corrected chi connectivity index (χ3v) is 3.89. The number of hydrogen-bond acceptors (Lipinski definition) is 2. The van der Waals surface area contributed by atoms with Gasteiger partial charge in [0.1, 0.15) is 13.3 Å². The molecule has 0 unspecified atom stereocenters. The molecule has 0 bridgehead atoms. The molecule has 1 heterocycles. The van der Waals surface area contributed by atoms with Crippen LogP contribution >= 0.6 is 0 Å². The van der Waals surface area contributed by atoms with Crippen molar-refractivity contribution >= 4 is 0 Å². The summed E-state index contributed by atoms with van der Waals surface area (Å²) in [7, 11) is 4.18. The van der Waals surface area contributed by atoms with E-state index in [1.807, 2.05) is 0 Å². The van der Waals surface area contributed by atoms with E-state index >= 15 is 0 Å². The Kier molecular flexibility index (Phi) is 6.93. The highest BCUT2D eigenvalue weighted by Gasteiger charge is 2.22. The van der Waals surface area contributed by atoms with E-state index < -0.39 is 13.3 Å². The van der Waals surface area contributed by atoms with E-state index in [9.17, 15) is 8.78 Å². The third kappa shape index (κ3) is 4.75. The molecule has 0 aromatic rings. The van der Waals surface area contributed by atoms with Gasteiger partial charge in [-0.3, -0.25) is 0 Å². The number of rotatable bonds is 6. The van der Waals surface area contributed by atoms with Crippen LogP contribution in [0.4, 0.5) is 8.78 Å². The van der Waals surface area contributed by atoms with Gasteiger partial charge in [-0.15, -0.1) is 0 Å². The topological polar surface area (TPSA) is 6.48 Å². The van der Waals surface area contributed by atoms with E-state index in [1.54, 1.807) is 13.0 Å². The van der Waals surface area contributed by atoms with E-state index in [4.69, 9.17) is 0 Å². The van der Waals surface area contributed by atoms with Crippen molar-refractivity contribution in [3.05, 3.63) is 35.6 Å². The predicted molar refractivity (Wildman–Crippen MR) is 81.2 cm³/mol. The molecule has 0 amide bonds. The van der Waals surface area contributed by atoms with Crippen LogP contribution in [0.15, 0.2) is 35.6 Å². The molecule has 1 saturated heterocycles. The first-order chi connectivity index (χ1) is 9.49. The van der Waals surface area contributed by atoms with E-state index in [1.165, 1.54) is 6.08 Å². The molecule has 114 valence electrons. The van der Waals surface area contributed by atoms with Crippen molar-refractivity contribution in [1.82, 2.24) is 9.80 Å². The van der Waals surface area contributed by atoms with Crippen molar-refractivity contribution in [3.63, 3.8) is 0 Å². The lowest BCUT2D eigenvalue weighted by atomic mass is 10.0. The second-order valence-corrected chi connectivity index (χ2v) is 5.53. The first-order valence-corrected chi connectivity index (χ1v) is 7.09. The molecule has 4 heteroatoms. The third-order valence-electron chi connectivity index (χ3n) is 3.89. The lowest BCUT2D eigenvalue weighted by molar-refractivity contribution is 0.172. The maximum Gasteiger partial charge on any atom is 0.116 e. The van der Waals surface area contributed by atoms with Crippen LogP contribution in [-0.4, -0.2) is 56.4 Å². The summed E-state index contributed by atoms with van der Waals surface area (Å²) in [6, 6.07) is 0.588. The lowest BCUT2D eigenvalue weighted by Crippen LogP contribution is -2.41. The van der Waals surface area contributed by atoms with Crippen LogP contribution in [0.25, 0.3) is 0 Å². The number of hydrogen-bond donors (Lipinski definition) is 0. The van der Waals surface area contributed by atoms with Crippen LogP contribution in [0.2, 0.25) is 0 Å². The average molecular weight is 284 g/mol. The molecular weight excluding hydrogens is 258 g/mol. The Balaban J connectivity index is 2.67. The Morgan fingerprint density at radius 2 is 1.90 bits per heavy atom. The van der Waals surface area contributed by atoms with E-state index in [-0.39, 0.29) is 0 Å². The molecule has 0 aliphatic carbocycles. The summed E-state index contributed by atoms with van der Waals surface area (Å²) in [5.41, 5.74) is 2.02. The first-order valence-electron chi connectivity index (χ1n) is 7.09. The zero-order valence-corrected chi connectivity index (χ0v) is 12.8. The molecule has 0 atom stereocenters. The number of piperidine rings is 1. The van der Waals surface area contributed by atoms with Crippen molar-refractivity contribution in [1.29, 1.82) is 0 Å². The van der Waals surface area contributed by atoms with Crippen molar-refractivity contribution in [3.8, 4) is 0 Å². The Morgan fingerprint density at radius 1 is 1.30 bits per heavy atom. The minimum atomic E-state index is -0.566. The average Bonchev–Trinajstić information content (AvgIpc) is 2.44. The highest BCUT2D eigenvalue weighted by atomic mass is 19.1. The summed E-state index contributed by atoms with van der Waals surface area (Å²) < 4.78 is 25.4. The Bertz CT molecular complexity index is 378. The molecule has 2 nitrogen and oxygen atoms in total. The molecule has 0 aromatic carbocycles. The van der Waals surface area contributed by atoms with Crippen LogP contribution in [-0.2, 0) is 0 Å². The van der Waals surface area contributed by atoms with Crippen molar-refractivity contribution < 1.29 is 8.78 Å². The molecule has 0 saturated carbocycles. The van der Waals surface area contributed by atoms with E-state index in [2.05, 4.69) is 30.5 Å². The number of nitrogens with zero attached hydrogens (tertiary/aromatic N) is 2. The standard InChI is InChI=1S/C16H26F2N2/c1-13(5-8-17)11-15(12-18)14(2)20-9-6-16(7-10-20)19(3)4/h5,11,16H,2,6-10,12H2,1,3-4H3/b13-5-,15-11-. The summed E-state index contributed by atoms with van der Waals surface area (Å²) in [5, 5.41) is 0. The SMILES string of the molecule is C=C(/C(=C\C(C)=C/CF)CF)N1CCC(N(C)C)CC1. The summed E-state index contributed by atoms with van der Waals surface area (Å²) >= 11 is 0. The number of likely N-dealkylation sites (tertiary alicyclic amines) is 1. The minimum Gasteiger partial charge on any atom is -0.372 e. The van der Waals surface area contributed by atoms with Gasteiger partial charge in [0, 0.05) is 30.4 Å². The Labute approximate surface area is 121 Å². The molecule has 1 aliphatic rings. The summed E-state index contributed by atoms with van der Waals surface area (Å²) in [6.07, 6.45) is 5.26. The van der Waals surface area contributed by atoms with Crippen LogP contribution in [0, 0.1) is 0 Å². The normalized spacial score (nSPS) is 18.8. The highest BCUT2D eigenvalue weighted by Crippen LogP contribution is 2.22. The second-order valence-electron chi connectivity index (χ2n) is 5.53. The van der Waals surface area contributed by atoms with Gasteiger partial charge in [0.2, 0.25) is 0 Å². The van der Waals surface area contributed by atoms with Gasteiger partial charge in [0.05, 0.1) is 0 Å². The fourth-order valence-electron chi connectivity index (χ4n) is 2.51. The fraction of sp³-hybridized carbons (Fsp3) is 0.625. The highest BCUT2D eigenvalue weighted by molar-refractivity contribution is 5.35. The van der Waals surface area contributed by atoms with E-state index in [0.717, 1.165) is 37.2 Å². The first kappa shape index (κ1) is 16.9. The van der Waals surface area contributed by atoms with Crippen LogP contribution in [0.3, 0.4) is 0 Å². The molecule has 1 rings (SSSR count). The predicted octanol–water partition coefficient (Wildman–Crippen LogP) is 3.34. The molecule has 0 radical (unpaired) electrons. The molecule has 1 aliphatic heterocycles. The minimum absolute atomic E-state index is 0.525. The Morgan fingerprint density at radius 3 is 2.35 bits per heavy atom. The van der Waals surface area contributed by atoms with Gasteiger partial charge in [0.25, 0.3) is 0 Å². The maximum atomic E-state index is 13.2. The van der Waals surface area contributed by atoms with Gasteiger partial charge in [-0.1, -0.05) is 24.3 Å². The fourth-order valence-corrected chi connectivity index (χ4v) is 2.51. The second kappa shape index (κ2) is 8.20. The molecule has 20 heavy (non-hydrogen) atoms. The summed E-state index contributed by atoms with van der Waals surface area (Å²) in [5.74, 6) is 0. The van der Waals surface area contributed by atoms with Gasteiger partial charge in [0.15, 0.2) is 0 Å². The smallest absolute Gasteiger partial charge is 0.116 e. The summed E-state index contributed by atoms with van der Waals surface area (Å²) in [6.45, 7) is 6.49. The maximum absolute atomic E-state index is 13.2. The van der Waals surface area contributed by atoms with Crippen molar-refractivity contribution in [2.45, 2.75) is 25.8 Å². The number of halogens is 2. The molecule has 0 spiro atoms. The zero-order chi connectivity index (χ0) is 15.1. The molecule has 0 N–H and O–H groups in total. The lowest BCUT2D eigenvalue weighted by Gasteiger charge is -2.37. The van der Waals surface area contributed by atoms with Crippen LogP contribution < -0.4 is 0 Å². The molecule has 0 aromatic heterocycles. The quantitative estimate of drug-likeness (QED) is 0.690. The largest absolute Gasteiger partial charge is 0.372 e. The number of allylic oxidation sites excluding steroid dienone is 4. The van der Waals surface area contributed by atoms with Gasteiger partial charge in [-0.05, 0) is 33.9 Å². The van der Waals surface area contributed by atoms with E-state index in [0.29, 0.717) is 11.6 Å². The summed E-state index contributed by atoms with van der Waals surface area (Å²) in [4.78, 5) is 4.37.